The molecule has 4 heteroatoms. The van der Waals surface area contributed by atoms with Crippen LogP contribution in [0.2, 0.25) is 0 Å². The molecule has 0 heterocycles. The zero-order chi connectivity index (χ0) is 11.1. The number of para-hydroxylation sites is 2. The van der Waals surface area contributed by atoms with Crippen LogP contribution in [0, 0.1) is 0 Å². The van der Waals surface area contributed by atoms with E-state index in [-0.39, 0.29) is 0 Å². The molecule has 84 valence electrons. The van der Waals surface area contributed by atoms with Crippen molar-refractivity contribution in [2.45, 2.75) is 6.92 Å². The maximum Gasteiger partial charge on any atom is 0.161 e. The van der Waals surface area contributed by atoms with Crippen molar-refractivity contribution >= 4 is 0 Å². The van der Waals surface area contributed by atoms with Crippen LogP contribution in [0.25, 0.3) is 0 Å². The molecule has 0 radical (unpaired) electrons. The molecule has 0 saturated carbocycles. The van der Waals surface area contributed by atoms with Gasteiger partial charge in [0.25, 0.3) is 0 Å². The lowest BCUT2D eigenvalue weighted by atomic mass is 10.3. The highest BCUT2D eigenvalue weighted by Crippen LogP contribution is 2.25. The van der Waals surface area contributed by atoms with Gasteiger partial charge in [0.1, 0.15) is 6.61 Å². The Balaban J connectivity index is 2.51. The number of ether oxygens (including phenoxy) is 2. The number of hydrazine groups is 1. The van der Waals surface area contributed by atoms with Crippen molar-refractivity contribution in [2.75, 3.05) is 26.8 Å². The first kappa shape index (κ1) is 11.8. The molecule has 0 atom stereocenters. The van der Waals surface area contributed by atoms with Gasteiger partial charge in [0.15, 0.2) is 11.5 Å². The van der Waals surface area contributed by atoms with E-state index >= 15 is 0 Å². The van der Waals surface area contributed by atoms with Crippen molar-refractivity contribution < 1.29 is 9.47 Å². The molecule has 15 heavy (non-hydrogen) atoms. The van der Waals surface area contributed by atoms with Crippen molar-refractivity contribution in [3.63, 3.8) is 0 Å². The summed E-state index contributed by atoms with van der Waals surface area (Å²) in [6, 6.07) is 7.63. The highest BCUT2D eigenvalue weighted by atomic mass is 16.5. The van der Waals surface area contributed by atoms with E-state index in [9.17, 15) is 0 Å². The van der Waals surface area contributed by atoms with Gasteiger partial charge in [0.2, 0.25) is 0 Å². The van der Waals surface area contributed by atoms with Gasteiger partial charge in [-0.15, -0.1) is 0 Å². The second-order valence-corrected chi connectivity index (χ2v) is 3.21. The van der Waals surface area contributed by atoms with E-state index in [1.54, 1.807) is 12.1 Å². The number of likely N-dealkylation sites (N-methyl/N-ethyl adjacent to an activating group) is 1. The fourth-order valence-corrected chi connectivity index (χ4v) is 1.14. The third-order valence-electron chi connectivity index (χ3n) is 1.85. The summed E-state index contributed by atoms with van der Waals surface area (Å²) in [5.41, 5.74) is 0. The van der Waals surface area contributed by atoms with Crippen LogP contribution in [0.4, 0.5) is 0 Å². The van der Waals surface area contributed by atoms with E-state index < -0.39 is 0 Å². The number of nitrogens with zero attached hydrogens (tertiary/aromatic N) is 1. The van der Waals surface area contributed by atoms with Crippen molar-refractivity contribution in [3.8, 4) is 11.5 Å². The lowest BCUT2D eigenvalue weighted by Crippen LogP contribution is -2.30. The third kappa shape index (κ3) is 4.18. The normalized spacial score (nSPS) is 10.4. The fourth-order valence-electron chi connectivity index (χ4n) is 1.14. The van der Waals surface area contributed by atoms with E-state index in [1.165, 1.54) is 0 Å². The molecular weight excluding hydrogens is 192 g/mol. The molecule has 1 aromatic rings. The van der Waals surface area contributed by atoms with Gasteiger partial charge in [-0.2, -0.15) is 0 Å². The Bertz CT molecular complexity index is 290. The molecule has 0 amide bonds. The van der Waals surface area contributed by atoms with Gasteiger partial charge in [-0.1, -0.05) is 12.1 Å². The molecule has 0 spiro atoms. The quantitative estimate of drug-likeness (QED) is 0.567. The van der Waals surface area contributed by atoms with Gasteiger partial charge < -0.3 is 9.47 Å². The highest BCUT2D eigenvalue weighted by Gasteiger charge is 2.02. The smallest absolute Gasteiger partial charge is 0.161 e. The summed E-state index contributed by atoms with van der Waals surface area (Å²) in [6.45, 7) is 3.82. The van der Waals surface area contributed by atoms with Crippen molar-refractivity contribution in [2.24, 2.45) is 5.84 Å². The molecule has 1 aromatic carbocycles. The van der Waals surface area contributed by atoms with E-state index in [4.69, 9.17) is 15.3 Å². The van der Waals surface area contributed by atoms with Gasteiger partial charge >= 0.3 is 0 Å². The van der Waals surface area contributed by atoms with Crippen LogP contribution in [0.15, 0.2) is 24.3 Å². The van der Waals surface area contributed by atoms with Crippen LogP contribution < -0.4 is 15.3 Å². The minimum Gasteiger partial charge on any atom is -0.490 e. The Morgan fingerprint density at radius 3 is 2.33 bits per heavy atom. The molecule has 0 aromatic heterocycles. The molecule has 1 rings (SSSR count). The molecule has 0 unspecified atom stereocenters. The molecule has 4 nitrogen and oxygen atoms in total. The first-order chi connectivity index (χ1) is 7.24. The van der Waals surface area contributed by atoms with Crippen LogP contribution in [0.1, 0.15) is 6.92 Å². The van der Waals surface area contributed by atoms with Crippen molar-refractivity contribution in [3.05, 3.63) is 24.3 Å². The maximum absolute atomic E-state index is 5.55. The summed E-state index contributed by atoms with van der Waals surface area (Å²) >= 11 is 0. The minimum absolute atomic E-state index is 0.553. The summed E-state index contributed by atoms with van der Waals surface area (Å²) in [5, 5.41) is 1.59. The Kier molecular flexibility index (Phi) is 4.93. The molecule has 0 aliphatic heterocycles. The van der Waals surface area contributed by atoms with Crippen molar-refractivity contribution in [1.29, 1.82) is 0 Å². The van der Waals surface area contributed by atoms with Gasteiger partial charge in [0.05, 0.1) is 6.61 Å². The summed E-state index contributed by atoms with van der Waals surface area (Å²) in [4.78, 5) is 0. The molecule has 2 N–H and O–H groups in total. The Hall–Kier alpha value is -1.26. The molecule has 0 aliphatic carbocycles. The zero-order valence-corrected chi connectivity index (χ0v) is 9.27. The monoisotopic (exact) mass is 210 g/mol. The lowest BCUT2D eigenvalue weighted by molar-refractivity contribution is 0.229. The Morgan fingerprint density at radius 1 is 1.20 bits per heavy atom. The number of benzene rings is 1. The Labute approximate surface area is 90.6 Å². The summed E-state index contributed by atoms with van der Waals surface area (Å²) in [5.74, 6) is 7.02. The first-order valence-corrected chi connectivity index (χ1v) is 5.04. The standard InChI is InChI=1S/C11H18N2O2/c1-3-14-10-6-4-5-7-11(10)15-9-8-13(2)12/h4-7H,3,8-9,12H2,1-2H3. The predicted molar refractivity (Wildman–Crippen MR) is 59.9 cm³/mol. The number of nitrogens with two attached hydrogens (primary N) is 1. The largest absolute Gasteiger partial charge is 0.490 e. The highest BCUT2D eigenvalue weighted by molar-refractivity contribution is 5.39. The van der Waals surface area contributed by atoms with Gasteiger partial charge in [-0.25, -0.2) is 5.01 Å². The van der Waals surface area contributed by atoms with Crippen LogP contribution in [-0.2, 0) is 0 Å². The summed E-state index contributed by atoms with van der Waals surface area (Å²) in [6.07, 6.45) is 0. The SMILES string of the molecule is CCOc1ccccc1OCCN(C)N. The van der Waals surface area contributed by atoms with Crippen molar-refractivity contribution in [1.82, 2.24) is 5.01 Å². The number of rotatable bonds is 6. The molecular formula is C11H18N2O2. The summed E-state index contributed by atoms with van der Waals surface area (Å²) in [7, 11) is 1.80. The topological polar surface area (TPSA) is 47.7 Å². The average molecular weight is 210 g/mol. The van der Waals surface area contributed by atoms with E-state index in [2.05, 4.69) is 0 Å². The lowest BCUT2D eigenvalue weighted by Gasteiger charge is -2.13. The second kappa shape index (κ2) is 6.27. The first-order valence-electron chi connectivity index (χ1n) is 5.04. The summed E-state index contributed by atoms with van der Waals surface area (Å²) < 4.78 is 11.0. The zero-order valence-electron chi connectivity index (χ0n) is 9.27. The van der Waals surface area contributed by atoms with Crippen LogP contribution in [0.5, 0.6) is 11.5 Å². The third-order valence-corrected chi connectivity index (χ3v) is 1.85. The number of hydrogen-bond donors (Lipinski definition) is 1. The van der Waals surface area contributed by atoms with Gasteiger partial charge in [-0.3, -0.25) is 5.84 Å². The molecule has 0 bridgehead atoms. The van der Waals surface area contributed by atoms with Crippen LogP contribution in [0.3, 0.4) is 0 Å². The maximum atomic E-state index is 5.55. The molecule has 0 fully saturated rings. The van der Waals surface area contributed by atoms with E-state index in [0.29, 0.717) is 19.8 Å². The van der Waals surface area contributed by atoms with E-state index in [0.717, 1.165) is 11.5 Å². The fraction of sp³-hybridized carbons (Fsp3) is 0.455. The van der Waals surface area contributed by atoms with Gasteiger partial charge in [0, 0.05) is 13.6 Å². The van der Waals surface area contributed by atoms with Gasteiger partial charge in [-0.05, 0) is 19.1 Å². The van der Waals surface area contributed by atoms with Crippen LogP contribution >= 0.6 is 0 Å². The number of hydrogen-bond acceptors (Lipinski definition) is 4. The second-order valence-electron chi connectivity index (χ2n) is 3.21. The Morgan fingerprint density at radius 2 is 1.80 bits per heavy atom. The molecule has 0 saturated heterocycles. The van der Waals surface area contributed by atoms with Crippen LogP contribution in [-0.4, -0.2) is 31.8 Å². The minimum atomic E-state index is 0.553. The molecule has 0 aliphatic rings. The predicted octanol–water partition coefficient (Wildman–Crippen LogP) is 1.27. The average Bonchev–Trinajstić information content (AvgIpc) is 2.20. The van der Waals surface area contributed by atoms with E-state index in [1.807, 2.05) is 31.2 Å².